The Bertz CT molecular complexity index is 889. The van der Waals surface area contributed by atoms with E-state index in [9.17, 15) is 9.59 Å². The molecule has 150 valence electrons. The van der Waals surface area contributed by atoms with Gasteiger partial charge in [-0.2, -0.15) is 4.98 Å². The van der Waals surface area contributed by atoms with Crippen LogP contribution in [0.2, 0.25) is 0 Å². The number of methoxy groups -OCH3 is 1. The van der Waals surface area contributed by atoms with Gasteiger partial charge < -0.3 is 19.9 Å². The van der Waals surface area contributed by atoms with Gasteiger partial charge in [-0.05, 0) is 40.6 Å². The van der Waals surface area contributed by atoms with Crippen molar-refractivity contribution in [2.75, 3.05) is 24.8 Å². The number of carbonyl (C=O) groups is 2. The Balaban J connectivity index is 2.20. The van der Waals surface area contributed by atoms with Gasteiger partial charge in [0, 0.05) is 12.5 Å². The van der Waals surface area contributed by atoms with Gasteiger partial charge in [-0.1, -0.05) is 13.8 Å². The van der Waals surface area contributed by atoms with E-state index in [0.29, 0.717) is 5.75 Å². The van der Waals surface area contributed by atoms with E-state index in [4.69, 9.17) is 15.2 Å². The van der Waals surface area contributed by atoms with E-state index < -0.39 is 18.5 Å². The zero-order valence-corrected chi connectivity index (χ0v) is 18.1. The lowest BCUT2D eigenvalue weighted by Crippen LogP contribution is -2.21. The smallest absolute Gasteiger partial charge is 0.303 e. The molecular weight excluding hydrogens is 479 g/mol. The maximum Gasteiger partial charge on any atom is 0.303 e. The Labute approximate surface area is 176 Å². The SMILES string of the molecule is COc1cc(C(C)C)c(Oc2cnc(NC(=O)COC(C)=O)nc2N)cc1I. The molecule has 2 rings (SSSR count). The molecule has 0 radical (unpaired) electrons. The van der Waals surface area contributed by atoms with Crippen LogP contribution in [0.1, 0.15) is 32.3 Å². The molecule has 0 aliphatic heterocycles. The number of nitrogens with two attached hydrogens (primary N) is 1. The van der Waals surface area contributed by atoms with Gasteiger partial charge >= 0.3 is 5.97 Å². The Morgan fingerprint density at radius 2 is 1.96 bits per heavy atom. The van der Waals surface area contributed by atoms with E-state index in [-0.39, 0.29) is 23.4 Å². The maximum atomic E-state index is 11.7. The average molecular weight is 500 g/mol. The number of rotatable bonds is 7. The molecule has 0 bridgehead atoms. The minimum absolute atomic E-state index is 0.0182. The van der Waals surface area contributed by atoms with Crippen molar-refractivity contribution in [2.24, 2.45) is 0 Å². The fraction of sp³-hybridized carbons (Fsp3) is 0.333. The molecule has 0 spiro atoms. The van der Waals surface area contributed by atoms with Crippen LogP contribution in [0.4, 0.5) is 11.8 Å². The number of nitrogens with zero attached hydrogens (tertiary/aromatic N) is 2. The van der Waals surface area contributed by atoms with Crippen molar-refractivity contribution in [3.63, 3.8) is 0 Å². The molecule has 1 heterocycles. The molecule has 1 aromatic carbocycles. The Morgan fingerprint density at radius 1 is 1.25 bits per heavy atom. The Kier molecular flexibility index (Phi) is 7.38. The molecule has 28 heavy (non-hydrogen) atoms. The third-order valence-corrected chi connectivity index (χ3v) is 4.41. The van der Waals surface area contributed by atoms with Crippen LogP contribution in [0.15, 0.2) is 18.3 Å². The second-order valence-corrected chi connectivity index (χ2v) is 7.22. The van der Waals surface area contributed by atoms with Crippen LogP contribution in [0.3, 0.4) is 0 Å². The standard InChI is InChI=1S/C18H21IN4O5/c1-9(2)11-5-14(26-4)12(19)6-13(11)28-15-7-21-18(23-17(15)20)22-16(25)8-27-10(3)24/h5-7,9H,8H2,1-4H3,(H3,20,21,22,23,25). The molecule has 0 fully saturated rings. The van der Waals surface area contributed by atoms with E-state index >= 15 is 0 Å². The predicted molar refractivity (Wildman–Crippen MR) is 112 cm³/mol. The number of ether oxygens (including phenoxy) is 3. The van der Waals surface area contributed by atoms with Crippen molar-refractivity contribution in [3.05, 3.63) is 27.5 Å². The predicted octanol–water partition coefficient (Wildman–Crippen LogP) is 3.09. The van der Waals surface area contributed by atoms with Crippen molar-refractivity contribution in [3.8, 4) is 17.2 Å². The van der Waals surface area contributed by atoms with Gasteiger partial charge in [-0.15, -0.1) is 0 Å². The summed E-state index contributed by atoms with van der Waals surface area (Å²) in [5, 5.41) is 2.39. The zero-order valence-electron chi connectivity index (χ0n) is 15.9. The first kappa shape index (κ1) is 21.7. The molecule has 0 saturated heterocycles. The number of esters is 1. The molecule has 0 aliphatic rings. The summed E-state index contributed by atoms with van der Waals surface area (Å²) in [7, 11) is 1.61. The first-order chi connectivity index (χ1) is 13.2. The topological polar surface area (TPSA) is 126 Å². The fourth-order valence-electron chi connectivity index (χ4n) is 2.22. The molecule has 0 saturated carbocycles. The first-order valence-electron chi connectivity index (χ1n) is 8.32. The molecule has 0 atom stereocenters. The third-order valence-electron chi connectivity index (χ3n) is 3.57. The second-order valence-electron chi connectivity index (χ2n) is 6.05. The van der Waals surface area contributed by atoms with Crippen molar-refractivity contribution in [2.45, 2.75) is 26.7 Å². The van der Waals surface area contributed by atoms with Crippen molar-refractivity contribution in [1.29, 1.82) is 0 Å². The quantitative estimate of drug-likeness (QED) is 0.439. The number of halogens is 1. The van der Waals surface area contributed by atoms with Gasteiger partial charge in [0.15, 0.2) is 18.2 Å². The summed E-state index contributed by atoms with van der Waals surface area (Å²) in [6, 6.07) is 3.77. The number of benzene rings is 1. The largest absolute Gasteiger partial charge is 0.496 e. The lowest BCUT2D eigenvalue weighted by molar-refractivity contribution is -0.144. The number of aromatic nitrogens is 2. The molecule has 10 heteroatoms. The van der Waals surface area contributed by atoms with Crippen LogP contribution in [0.5, 0.6) is 17.2 Å². The number of anilines is 2. The zero-order chi connectivity index (χ0) is 20.8. The lowest BCUT2D eigenvalue weighted by Gasteiger charge is -2.17. The highest BCUT2D eigenvalue weighted by atomic mass is 127. The van der Waals surface area contributed by atoms with Crippen molar-refractivity contribution >= 4 is 46.2 Å². The summed E-state index contributed by atoms with van der Waals surface area (Å²) in [6.45, 7) is 4.85. The number of nitrogen functional groups attached to an aromatic ring is 1. The van der Waals surface area contributed by atoms with Crippen LogP contribution in [0.25, 0.3) is 0 Å². The molecule has 2 aromatic rings. The van der Waals surface area contributed by atoms with E-state index in [0.717, 1.165) is 14.9 Å². The molecule has 9 nitrogen and oxygen atoms in total. The molecule has 0 aliphatic carbocycles. The van der Waals surface area contributed by atoms with Gasteiger partial charge in [0.1, 0.15) is 11.5 Å². The molecule has 1 amide bonds. The summed E-state index contributed by atoms with van der Waals surface area (Å²) in [4.78, 5) is 30.4. The van der Waals surface area contributed by atoms with Gasteiger partial charge in [0.25, 0.3) is 5.91 Å². The Morgan fingerprint density at radius 3 is 2.54 bits per heavy atom. The van der Waals surface area contributed by atoms with Crippen LogP contribution in [-0.2, 0) is 14.3 Å². The first-order valence-corrected chi connectivity index (χ1v) is 9.40. The number of nitrogens with one attached hydrogen (secondary N) is 1. The average Bonchev–Trinajstić information content (AvgIpc) is 2.62. The monoisotopic (exact) mass is 500 g/mol. The summed E-state index contributed by atoms with van der Waals surface area (Å²) in [6.07, 6.45) is 1.37. The molecule has 0 unspecified atom stereocenters. The van der Waals surface area contributed by atoms with Crippen molar-refractivity contribution in [1.82, 2.24) is 9.97 Å². The Hall–Kier alpha value is -2.63. The van der Waals surface area contributed by atoms with Crippen molar-refractivity contribution < 1.29 is 23.8 Å². The van der Waals surface area contributed by atoms with Gasteiger partial charge in [-0.3, -0.25) is 14.9 Å². The summed E-state index contributed by atoms with van der Waals surface area (Å²) in [5.74, 6) is 0.704. The fourth-order valence-corrected chi connectivity index (χ4v) is 2.87. The van der Waals surface area contributed by atoms with Crippen LogP contribution >= 0.6 is 22.6 Å². The summed E-state index contributed by atoms with van der Waals surface area (Å²) < 4.78 is 16.8. The number of hydrogen-bond donors (Lipinski definition) is 2. The molecule has 1 aromatic heterocycles. The van der Waals surface area contributed by atoms with E-state index in [1.165, 1.54) is 13.1 Å². The van der Waals surface area contributed by atoms with Crippen LogP contribution in [0, 0.1) is 3.57 Å². The van der Waals surface area contributed by atoms with E-state index in [2.05, 4.69) is 42.6 Å². The minimum atomic E-state index is -0.574. The highest BCUT2D eigenvalue weighted by Gasteiger charge is 2.16. The number of hydrogen-bond acceptors (Lipinski definition) is 8. The van der Waals surface area contributed by atoms with E-state index in [1.807, 2.05) is 26.0 Å². The second kappa shape index (κ2) is 9.53. The normalized spacial score (nSPS) is 10.5. The number of carbonyl (C=O) groups excluding carboxylic acids is 2. The molecular formula is C18H21IN4O5. The maximum absolute atomic E-state index is 11.7. The van der Waals surface area contributed by atoms with Crippen LogP contribution < -0.4 is 20.5 Å². The summed E-state index contributed by atoms with van der Waals surface area (Å²) in [5.41, 5.74) is 6.89. The lowest BCUT2D eigenvalue weighted by atomic mass is 10.0. The van der Waals surface area contributed by atoms with Gasteiger partial charge in [-0.25, -0.2) is 4.98 Å². The minimum Gasteiger partial charge on any atom is -0.496 e. The highest BCUT2D eigenvalue weighted by Crippen LogP contribution is 2.37. The third kappa shape index (κ3) is 5.68. The summed E-state index contributed by atoms with van der Waals surface area (Å²) >= 11 is 2.16. The number of amides is 1. The van der Waals surface area contributed by atoms with Crippen LogP contribution in [-0.4, -0.2) is 35.6 Å². The highest BCUT2D eigenvalue weighted by molar-refractivity contribution is 14.1. The van der Waals surface area contributed by atoms with Gasteiger partial charge in [0.05, 0.1) is 16.9 Å². The van der Waals surface area contributed by atoms with Gasteiger partial charge in [0.2, 0.25) is 5.95 Å². The molecule has 3 N–H and O–H groups in total. The van der Waals surface area contributed by atoms with E-state index in [1.54, 1.807) is 7.11 Å².